The zero-order valence-corrected chi connectivity index (χ0v) is 21.0. The number of nitrogens with zero attached hydrogens (tertiary/aromatic N) is 1. The third-order valence-corrected chi connectivity index (χ3v) is 10.1. The molecule has 4 aromatic carbocycles. The lowest BCUT2D eigenvalue weighted by molar-refractivity contribution is 0.443. The van der Waals surface area contributed by atoms with Crippen molar-refractivity contribution in [2.24, 2.45) is 5.10 Å². The number of sulfone groups is 2. The van der Waals surface area contributed by atoms with Gasteiger partial charge in [-0.25, -0.2) is 16.8 Å². The van der Waals surface area contributed by atoms with Crippen LogP contribution in [-0.2, 0) is 19.7 Å². The zero-order chi connectivity index (χ0) is 26.1. The molecule has 188 valence electrons. The van der Waals surface area contributed by atoms with E-state index in [1.807, 2.05) is 0 Å². The molecule has 0 amide bonds. The maximum absolute atomic E-state index is 13.5. The van der Waals surface area contributed by atoms with Gasteiger partial charge in [0.25, 0.3) is 0 Å². The maximum atomic E-state index is 13.5. The van der Waals surface area contributed by atoms with E-state index >= 15 is 0 Å². The molecular formula is C27H17N3O6S2. The maximum Gasteiger partial charge on any atom is 0.214 e. The van der Waals surface area contributed by atoms with E-state index in [1.165, 1.54) is 24.4 Å². The topological polar surface area (TPSA) is 127 Å². The third-order valence-electron chi connectivity index (χ3n) is 6.41. The number of aromatic amines is 1. The predicted molar refractivity (Wildman–Crippen MR) is 140 cm³/mol. The summed E-state index contributed by atoms with van der Waals surface area (Å²) in [6, 6.07) is 21.0. The molecule has 5 aromatic rings. The molecule has 2 aliphatic rings. The van der Waals surface area contributed by atoms with E-state index < -0.39 is 19.7 Å². The van der Waals surface area contributed by atoms with Crippen molar-refractivity contribution in [3.63, 3.8) is 0 Å². The second-order valence-electron chi connectivity index (χ2n) is 8.70. The minimum absolute atomic E-state index is 0.0273. The number of H-pyrrole nitrogens is 1. The first-order valence-corrected chi connectivity index (χ1v) is 14.4. The van der Waals surface area contributed by atoms with Crippen LogP contribution in [0.2, 0.25) is 0 Å². The van der Waals surface area contributed by atoms with Gasteiger partial charge in [-0.1, -0.05) is 24.3 Å². The number of hydrogen-bond acceptors (Lipinski definition) is 8. The largest absolute Gasteiger partial charge is 0.455 e. The number of fused-ring (bicyclic) bond motifs is 6. The Kier molecular flexibility index (Phi) is 4.72. The lowest BCUT2D eigenvalue weighted by Crippen LogP contribution is -2.11. The van der Waals surface area contributed by atoms with Crippen molar-refractivity contribution >= 4 is 42.5 Å². The number of aromatic nitrogens is 1. The molecule has 0 bridgehead atoms. The summed E-state index contributed by atoms with van der Waals surface area (Å²) in [6.45, 7) is 0. The van der Waals surface area contributed by atoms with E-state index in [2.05, 4.69) is 15.5 Å². The molecule has 0 aliphatic carbocycles. The molecule has 0 atom stereocenters. The molecule has 7 rings (SSSR count). The fourth-order valence-electron chi connectivity index (χ4n) is 4.67. The summed E-state index contributed by atoms with van der Waals surface area (Å²) in [4.78, 5) is 3.36. The Morgan fingerprint density at radius 3 is 2.11 bits per heavy atom. The van der Waals surface area contributed by atoms with Crippen molar-refractivity contribution in [3.8, 4) is 23.0 Å². The van der Waals surface area contributed by atoms with Crippen LogP contribution >= 0.6 is 0 Å². The number of rotatable bonds is 3. The van der Waals surface area contributed by atoms with Gasteiger partial charge in [-0.05, 0) is 54.6 Å². The quantitative estimate of drug-likeness (QED) is 0.223. The van der Waals surface area contributed by atoms with Gasteiger partial charge < -0.3 is 14.5 Å². The van der Waals surface area contributed by atoms with Crippen molar-refractivity contribution in [2.75, 3.05) is 5.43 Å². The molecule has 0 spiro atoms. The first-order chi connectivity index (χ1) is 18.3. The molecule has 0 fully saturated rings. The fourth-order valence-corrected chi connectivity index (χ4v) is 7.92. The Balaban J connectivity index is 1.24. The van der Waals surface area contributed by atoms with Gasteiger partial charge in [-0.2, -0.15) is 5.10 Å². The molecule has 2 N–H and O–H groups in total. The highest BCUT2D eigenvalue weighted by Crippen LogP contribution is 2.46. The minimum atomic E-state index is -3.85. The van der Waals surface area contributed by atoms with Crippen LogP contribution in [0, 0.1) is 0 Å². The summed E-state index contributed by atoms with van der Waals surface area (Å²) in [5.41, 5.74) is 4.36. The van der Waals surface area contributed by atoms with Crippen molar-refractivity contribution < 1.29 is 26.3 Å². The fraction of sp³-hybridized carbons (Fsp3) is 0. The van der Waals surface area contributed by atoms with Gasteiger partial charge >= 0.3 is 0 Å². The zero-order valence-electron chi connectivity index (χ0n) is 19.4. The van der Waals surface area contributed by atoms with Gasteiger partial charge in [-0.15, -0.1) is 0 Å². The smallest absolute Gasteiger partial charge is 0.214 e. The van der Waals surface area contributed by atoms with Crippen molar-refractivity contribution in [3.05, 3.63) is 90.6 Å². The summed E-state index contributed by atoms with van der Waals surface area (Å²) < 4.78 is 64.9. The van der Waals surface area contributed by atoms with E-state index in [-0.39, 0.29) is 42.6 Å². The first kappa shape index (κ1) is 22.6. The summed E-state index contributed by atoms with van der Waals surface area (Å²) in [7, 11) is -7.62. The van der Waals surface area contributed by atoms with Crippen molar-refractivity contribution in [1.82, 2.24) is 4.98 Å². The second kappa shape index (κ2) is 7.94. The van der Waals surface area contributed by atoms with Crippen LogP contribution in [0.4, 0.5) is 5.69 Å². The summed E-state index contributed by atoms with van der Waals surface area (Å²) in [5, 5.41) is 4.69. The van der Waals surface area contributed by atoms with Crippen LogP contribution in [0.3, 0.4) is 0 Å². The summed E-state index contributed by atoms with van der Waals surface area (Å²) in [6.07, 6.45) is 3.11. The minimum Gasteiger partial charge on any atom is -0.455 e. The van der Waals surface area contributed by atoms with Crippen LogP contribution in [0.25, 0.3) is 10.9 Å². The molecule has 3 heterocycles. The molecule has 0 saturated heterocycles. The number of anilines is 1. The number of hydrogen-bond donors (Lipinski definition) is 2. The van der Waals surface area contributed by atoms with Crippen LogP contribution in [0.1, 0.15) is 5.56 Å². The van der Waals surface area contributed by atoms with Crippen molar-refractivity contribution in [1.29, 1.82) is 0 Å². The lowest BCUT2D eigenvalue weighted by Gasteiger charge is -2.21. The Morgan fingerprint density at radius 1 is 0.711 bits per heavy atom. The molecule has 1 aromatic heterocycles. The number of ether oxygens (including phenoxy) is 2. The Labute approximate surface area is 217 Å². The molecule has 9 nitrogen and oxygen atoms in total. The standard InChI is InChI=1S/C27H17N3O6S2/c31-37(32)23-7-3-1-5-19(23)35-21-11-9-17(13-25(21)37)30-29-15-16-14-28-18-10-12-22-27(26(16)18)38(33,34)24-8-4-2-6-20(24)36-22/h1-15,28,30H/b29-15+. The summed E-state index contributed by atoms with van der Waals surface area (Å²) in [5.74, 6) is 1.02. The van der Waals surface area contributed by atoms with Gasteiger partial charge in [0.05, 0.1) is 11.9 Å². The van der Waals surface area contributed by atoms with E-state index in [0.717, 1.165) is 0 Å². The Morgan fingerprint density at radius 2 is 1.34 bits per heavy atom. The number of benzene rings is 4. The number of para-hydroxylation sites is 2. The number of hydrazone groups is 1. The molecule has 11 heteroatoms. The normalized spacial score (nSPS) is 16.0. The highest BCUT2D eigenvalue weighted by Gasteiger charge is 2.34. The molecule has 0 saturated carbocycles. The summed E-state index contributed by atoms with van der Waals surface area (Å²) >= 11 is 0. The van der Waals surface area contributed by atoms with Gasteiger partial charge in [0.1, 0.15) is 42.6 Å². The molecule has 38 heavy (non-hydrogen) atoms. The van der Waals surface area contributed by atoms with Gasteiger partial charge in [-0.3, -0.25) is 5.43 Å². The third kappa shape index (κ3) is 3.25. The predicted octanol–water partition coefficient (Wildman–Crippen LogP) is 5.49. The van der Waals surface area contributed by atoms with Crippen LogP contribution < -0.4 is 14.9 Å². The molecular weight excluding hydrogens is 526 g/mol. The average Bonchev–Trinajstić information content (AvgIpc) is 3.32. The molecule has 0 unspecified atom stereocenters. The van der Waals surface area contributed by atoms with Crippen LogP contribution in [-0.4, -0.2) is 28.0 Å². The van der Waals surface area contributed by atoms with E-state index in [9.17, 15) is 16.8 Å². The van der Waals surface area contributed by atoms with Gasteiger partial charge in [0.2, 0.25) is 19.7 Å². The highest BCUT2D eigenvalue weighted by atomic mass is 32.2. The van der Waals surface area contributed by atoms with Crippen LogP contribution in [0.5, 0.6) is 23.0 Å². The van der Waals surface area contributed by atoms with E-state index in [0.29, 0.717) is 22.2 Å². The monoisotopic (exact) mass is 543 g/mol. The van der Waals surface area contributed by atoms with Gasteiger partial charge in [0.15, 0.2) is 0 Å². The Hall–Kier alpha value is -4.61. The highest BCUT2D eigenvalue weighted by molar-refractivity contribution is 7.92. The molecule has 2 aliphatic heterocycles. The van der Waals surface area contributed by atoms with E-state index in [1.54, 1.807) is 66.9 Å². The van der Waals surface area contributed by atoms with Crippen LogP contribution in [0.15, 0.2) is 110 Å². The van der Waals surface area contributed by atoms with Crippen molar-refractivity contribution in [2.45, 2.75) is 19.6 Å². The number of nitrogens with one attached hydrogen (secondary N) is 2. The lowest BCUT2D eigenvalue weighted by atomic mass is 10.1. The first-order valence-electron chi connectivity index (χ1n) is 11.5. The van der Waals surface area contributed by atoms with E-state index in [4.69, 9.17) is 9.47 Å². The SMILES string of the molecule is O=S1(=O)c2ccccc2Oc2ccc(N/N=C/c3c[nH]c4ccc5c(c34)S(=O)(=O)c3ccccc3O5)cc21. The Bertz CT molecular complexity index is 2050. The molecule has 0 radical (unpaired) electrons. The average molecular weight is 544 g/mol. The second-order valence-corrected chi connectivity index (χ2v) is 12.4. The van der Waals surface area contributed by atoms with Gasteiger partial charge in [0, 0.05) is 22.7 Å².